The summed E-state index contributed by atoms with van der Waals surface area (Å²) in [7, 11) is 0. The number of benzene rings is 1. The van der Waals surface area contributed by atoms with E-state index < -0.39 is 5.97 Å². The van der Waals surface area contributed by atoms with Crippen molar-refractivity contribution in [2.24, 2.45) is 5.10 Å². The maximum atomic E-state index is 12.0. The van der Waals surface area contributed by atoms with Crippen LogP contribution in [-0.2, 0) is 4.79 Å². The van der Waals surface area contributed by atoms with Crippen LogP contribution in [0.5, 0.6) is 5.75 Å². The Bertz CT molecular complexity index is 840. The largest absolute Gasteiger partial charge is 0.483 e. The van der Waals surface area contributed by atoms with Gasteiger partial charge in [0.25, 0.3) is 5.91 Å². The minimum atomic E-state index is -0.981. The van der Waals surface area contributed by atoms with Gasteiger partial charge in [0, 0.05) is 0 Å². The molecule has 0 aliphatic rings. The summed E-state index contributed by atoms with van der Waals surface area (Å²) >= 11 is 1.10. The van der Waals surface area contributed by atoms with E-state index in [4.69, 9.17) is 9.84 Å². The fourth-order valence-corrected chi connectivity index (χ4v) is 3.06. The Labute approximate surface area is 156 Å². The highest BCUT2D eigenvalue weighted by molar-refractivity contribution is 7.15. The topological polar surface area (TPSA) is 88.0 Å². The van der Waals surface area contributed by atoms with Crippen LogP contribution in [0, 0.1) is 6.92 Å². The molecule has 0 aliphatic carbocycles. The number of carbonyl (C=O) groups excluding carboxylic acids is 1. The summed E-state index contributed by atoms with van der Waals surface area (Å²) in [5, 5.41) is 13.0. The summed E-state index contributed by atoms with van der Waals surface area (Å²) in [6, 6.07) is 9.11. The van der Waals surface area contributed by atoms with E-state index in [0.29, 0.717) is 16.3 Å². The molecule has 0 radical (unpaired) electrons. The van der Waals surface area contributed by atoms with E-state index in [1.54, 1.807) is 13.0 Å². The zero-order valence-corrected chi connectivity index (χ0v) is 16.0. The van der Waals surface area contributed by atoms with Crippen LogP contribution in [0.2, 0.25) is 0 Å². The van der Waals surface area contributed by atoms with Crippen molar-refractivity contribution < 1.29 is 19.4 Å². The SMILES string of the molecule is C/C(=N/NC(=O)COc1cc(C)ccc1C(C)C)c1ccc(C(=O)O)s1. The lowest BCUT2D eigenvalue weighted by atomic mass is 10.0. The van der Waals surface area contributed by atoms with Gasteiger partial charge < -0.3 is 9.84 Å². The van der Waals surface area contributed by atoms with Crippen molar-refractivity contribution >= 4 is 28.9 Å². The summed E-state index contributed by atoms with van der Waals surface area (Å²) in [5.74, 6) is -0.377. The number of carbonyl (C=O) groups is 2. The van der Waals surface area contributed by atoms with Crippen LogP contribution in [0.1, 0.15) is 52.4 Å². The standard InChI is InChI=1S/C19H22N2O4S/c1-11(2)14-6-5-12(3)9-15(14)25-10-18(22)21-20-13(4)16-7-8-17(26-16)19(23)24/h5-9,11H,10H2,1-4H3,(H,21,22)(H,23,24)/b20-13-. The van der Waals surface area contributed by atoms with Crippen molar-refractivity contribution in [3.8, 4) is 5.75 Å². The van der Waals surface area contributed by atoms with Crippen molar-refractivity contribution in [3.63, 3.8) is 0 Å². The Kier molecular flexibility index (Phi) is 6.52. The van der Waals surface area contributed by atoms with Gasteiger partial charge in [-0.25, -0.2) is 10.2 Å². The third-order valence-corrected chi connectivity index (χ3v) is 4.85. The lowest BCUT2D eigenvalue weighted by Crippen LogP contribution is -2.25. The minimum absolute atomic E-state index is 0.148. The second-order valence-electron chi connectivity index (χ2n) is 6.19. The van der Waals surface area contributed by atoms with Crippen LogP contribution < -0.4 is 10.2 Å². The Morgan fingerprint density at radius 3 is 2.54 bits per heavy atom. The quantitative estimate of drug-likeness (QED) is 0.570. The van der Waals surface area contributed by atoms with E-state index in [2.05, 4.69) is 24.4 Å². The van der Waals surface area contributed by atoms with Crippen molar-refractivity contribution in [1.29, 1.82) is 0 Å². The summed E-state index contributed by atoms with van der Waals surface area (Å²) in [4.78, 5) is 23.8. The summed E-state index contributed by atoms with van der Waals surface area (Å²) in [6.45, 7) is 7.66. The first-order valence-corrected chi connectivity index (χ1v) is 8.99. The maximum absolute atomic E-state index is 12.0. The fraction of sp³-hybridized carbons (Fsp3) is 0.316. The Morgan fingerprint density at radius 2 is 1.92 bits per heavy atom. The molecule has 0 fully saturated rings. The number of hydrogen-bond donors (Lipinski definition) is 2. The molecule has 2 aromatic rings. The average Bonchev–Trinajstić information content (AvgIpc) is 3.08. The molecular weight excluding hydrogens is 352 g/mol. The third-order valence-electron chi connectivity index (χ3n) is 3.67. The Balaban J connectivity index is 1.96. The number of nitrogens with zero attached hydrogens (tertiary/aromatic N) is 1. The van der Waals surface area contributed by atoms with Gasteiger partial charge in [0.2, 0.25) is 0 Å². The number of carboxylic acid groups (broad SMARTS) is 1. The molecule has 0 unspecified atom stereocenters. The lowest BCUT2D eigenvalue weighted by Gasteiger charge is -2.14. The van der Waals surface area contributed by atoms with Crippen LogP contribution in [0.15, 0.2) is 35.4 Å². The molecule has 0 atom stereocenters. The number of hydrazone groups is 1. The third kappa shape index (κ3) is 5.16. The Hall–Kier alpha value is -2.67. The monoisotopic (exact) mass is 374 g/mol. The van der Waals surface area contributed by atoms with E-state index >= 15 is 0 Å². The number of nitrogens with one attached hydrogen (secondary N) is 1. The van der Waals surface area contributed by atoms with Crippen LogP contribution in [0.4, 0.5) is 0 Å². The van der Waals surface area contributed by atoms with Crippen molar-refractivity contribution in [3.05, 3.63) is 51.2 Å². The highest BCUT2D eigenvalue weighted by atomic mass is 32.1. The summed E-state index contributed by atoms with van der Waals surface area (Å²) in [5.41, 5.74) is 5.08. The van der Waals surface area contributed by atoms with Crippen LogP contribution >= 0.6 is 11.3 Å². The van der Waals surface area contributed by atoms with Gasteiger partial charge >= 0.3 is 5.97 Å². The summed E-state index contributed by atoms with van der Waals surface area (Å²) < 4.78 is 5.66. The van der Waals surface area contributed by atoms with Crippen LogP contribution in [0.3, 0.4) is 0 Å². The summed E-state index contributed by atoms with van der Waals surface area (Å²) in [6.07, 6.45) is 0. The molecule has 0 bridgehead atoms. The molecule has 2 rings (SSSR count). The number of amides is 1. The number of thiophene rings is 1. The van der Waals surface area contributed by atoms with Crippen molar-refractivity contribution in [2.45, 2.75) is 33.6 Å². The number of hydrogen-bond acceptors (Lipinski definition) is 5. The second-order valence-corrected chi connectivity index (χ2v) is 7.27. The Morgan fingerprint density at radius 1 is 1.23 bits per heavy atom. The lowest BCUT2D eigenvalue weighted by molar-refractivity contribution is -0.123. The molecule has 0 saturated heterocycles. The molecule has 1 aromatic carbocycles. The molecule has 138 valence electrons. The highest BCUT2D eigenvalue weighted by Gasteiger charge is 2.11. The first-order chi connectivity index (χ1) is 12.3. The zero-order valence-electron chi connectivity index (χ0n) is 15.2. The van der Waals surface area contributed by atoms with Crippen molar-refractivity contribution in [2.75, 3.05) is 6.61 Å². The highest BCUT2D eigenvalue weighted by Crippen LogP contribution is 2.27. The molecule has 6 nitrogen and oxygen atoms in total. The average molecular weight is 374 g/mol. The minimum Gasteiger partial charge on any atom is -0.483 e. The van der Waals surface area contributed by atoms with E-state index in [1.165, 1.54) is 6.07 Å². The molecule has 1 heterocycles. The molecule has 1 amide bonds. The molecule has 2 N–H and O–H groups in total. The van der Waals surface area contributed by atoms with Gasteiger partial charge in [0.1, 0.15) is 10.6 Å². The number of ether oxygens (including phenoxy) is 1. The van der Waals surface area contributed by atoms with E-state index in [-0.39, 0.29) is 23.3 Å². The molecule has 0 spiro atoms. The van der Waals surface area contributed by atoms with E-state index in [9.17, 15) is 9.59 Å². The number of carboxylic acids is 1. The first kappa shape index (κ1) is 19.7. The fourth-order valence-electron chi connectivity index (χ4n) is 2.27. The van der Waals surface area contributed by atoms with Gasteiger partial charge in [0.15, 0.2) is 6.61 Å². The second kappa shape index (κ2) is 8.62. The van der Waals surface area contributed by atoms with Gasteiger partial charge in [-0.15, -0.1) is 11.3 Å². The van der Waals surface area contributed by atoms with Gasteiger partial charge in [-0.3, -0.25) is 4.79 Å². The number of rotatable bonds is 7. The predicted molar refractivity (Wildman–Crippen MR) is 102 cm³/mol. The maximum Gasteiger partial charge on any atom is 0.345 e. The molecule has 26 heavy (non-hydrogen) atoms. The van der Waals surface area contributed by atoms with E-state index in [0.717, 1.165) is 22.5 Å². The molecule has 0 aliphatic heterocycles. The predicted octanol–water partition coefficient (Wildman–Crippen LogP) is 3.80. The van der Waals surface area contributed by atoms with Crippen LogP contribution in [0.25, 0.3) is 0 Å². The van der Waals surface area contributed by atoms with E-state index in [1.807, 2.05) is 25.1 Å². The normalized spacial score (nSPS) is 11.5. The van der Waals surface area contributed by atoms with Gasteiger partial charge in [-0.1, -0.05) is 26.0 Å². The van der Waals surface area contributed by atoms with Crippen molar-refractivity contribution in [1.82, 2.24) is 5.43 Å². The number of aromatic carboxylic acids is 1. The molecular formula is C19H22N2O4S. The molecule has 0 saturated carbocycles. The zero-order chi connectivity index (χ0) is 19.3. The van der Waals surface area contributed by atoms with Crippen LogP contribution in [-0.4, -0.2) is 29.3 Å². The first-order valence-electron chi connectivity index (χ1n) is 8.18. The smallest absolute Gasteiger partial charge is 0.345 e. The number of aryl methyl sites for hydroxylation is 1. The van der Waals surface area contributed by atoms with Gasteiger partial charge in [0.05, 0.1) is 10.6 Å². The van der Waals surface area contributed by atoms with Gasteiger partial charge in [-0.2, -0.15) is 5.10 Å². The van der Waals surface area contributed by atoms with Gasteiger partial charge in [-0.05, 0) is 49.1 Å². The molecule has 1 aromatic heterocycles. The molecule has 7 heteroatoms.